The zero-order valence-electron chi connectivity index (χ0n) is 22.9. The van der Waals surface area contributed by atoms with E-state index >= 15 is 0 Å². The minimum absolute atomic E-state index is 1.16. The van der Waals surface area contributed by atoms with E-state index in [4.69, 9.17) is 0 Å². The van der Waals surface area contributed by atoms with Gasteiger partial charge in [0.15, 0.2) is 0 Å². The highest BCUT2D eigenvalue weighted by atomic mass is 15.5. The largest absolute Gasteiger partial charge is 0.307 e. The van der Waals surface area contributed by atoms with Gasteiger partial charge in [-0.3, -0.25) is 0 Å². The van der Waals surface area contributed by atoms with Crippen LogP contribution in [0, 0.1) is 0 Å². The quantitative estimate of drug-likeness (QED) is 0.199. The van der Waals surface area contributed by atoms with Gasteiger partial charge in [0.2, 0.25) is 0 Å². The number of hydrogen-bond acceptors (Lipinski definition) is 0. The molecule has 8 aromatic rings. The number of hydrogen-bond donors (Lipinski definition) is 0. The Hall–Kier alpha value is -5.67. The maximum absolute atomic E-state index is 2.45. The predicted octanol–water partition coefficient (Wildman–Crippen LogP) is 9.21. The first-order chi connectivity index (χ1) is 20.9. The lowest BCUT2D eigenvalue weighted by Gasteiger charge is -2.19. The van der Waals surface area contributed by atoms with Crippen LogP contribution >= 0.6 is 0 Å². The second kappa shape index (κ2) is 8.92. The standard InChI is InChI=1S/C39H26N3/c1-4-14-27(15-5-1)36-26-37(28-16-6-2-7-17-28)41(36)42-35-23-13-11-21-31(35)33-25-24-32-30-20-10-12-22-34(30)40(38(32)39(33)42)29-18-8-3-9-19-29/h1-26H/q+1. The molecular weight excluding hydrogens is 510 g/mol. The Labute approximate surface area is 243 Å². The Kier molecular flexibility index (Phi) is 4.90. The summed E-state index contributed by atoms with van der Waals surface area (Å²) in [5.41, 5.74) is 10.7. The van der Waals surface area contributed by atoms with Gasteiger partial charge in [-0.05, 0) is 48.5 Å². The van der Waals surface area contributed by atoms with Crippen molar-refractivity contribution in [1.29, 1.82) is 0 Å². The van der Waals surface area contributed by atoms with Gasteiger partial charge in [0, 0.05) is 38.4 Å². The number of rotatable bonds is 4. The van der Waals surface area contributed by atoms with Gasteiger partial charge in [0.25, 0.3) is 11.4 Å². The lowest BCUT2D eigenvalue weighted by Crippen LogP contribution is -2.32. The molecule has 0 spiro atoms. The Morgan fingerprint density at radius 3 is 1.62 bits per heavy atom. The minimum Gasteiger partial charge on any atom is -0.307 e. The van der Waals surface area contributed by atoms with Crippen LogP contribution in [0.4, 0.5) is 0 Å². The Morgan fingerprint density at radius 2 is 0.929 bits per heavy atom. The van der Waals surface area contributed by atoms with Gasteiger partial charge in [-0.1, -0.05) is 108 Å². The second-order valence-electron chi connectivity index (χ2n) is 10.8. The van der Waals surface area contributed by atoms with Crippen molar-refractivity contribution in [3.8, 4) is 5.69 Å². The predicted molar refractivity (Wildman–Crippen MR) is 174 cm³/mol. The molecule has 9 rings (SSSR count). The highest BCUT2D eigenvalue weighted by molar-refractivity contribution is 6.23. The molecule has 3 heteroatoms. The number of nitrogens with zero attached hydrogens (tertiary/aromatic N) is 3. The zero-order valence-corrected chi connectivity index (χ0v) is 22.9. The molecule has 0 saturated heterocycles. The van der Waals surface area contributed by atoms with Gasteiger partial charge >= 0.3 is 0 Å². The summed E-state index contributed by atoms with van der Waals surface area (Å²) in [4.78, 5) is 0. The maximum Gasteiger partial charge on any atom is 0.250 e. The molecule has 0 amide bonds. The van der Waals surface area contributed by atoms with E-state index in [1.54, 1.807) is 0 Å². The molecule has 3 heterocycles. The fourth-order valence-electron chi connectivity index (χ4n) is 6.69. The van der Waals surface area contributed by atoms with Crippen molar-refractivity contribution < 1.29 is 4.68 Å². The van der Waals surface area contributed by atoms with Crippen LogP contribution in [0.3, 0.4) is 0 Å². The summed E-state index contributed by atoms with van der Waals surface area (Å²) in [6, 6.07) is 54.4. The summed E-state index contributed by atoms with van der Waals surface area (Å²) >= 11 is 0. The van der Waals surface area contributed by atoms with Crippen LogP contribution in [0.2, 0.25) is 0 Å². The smallest absolute Gasteiger partial charge is 0.250 e. The molecule has 196 valence electrons. The van der Waals surface area contributed by atoms with Crippen molar-refractivity contribution >= 4 is 55.0 Å². The lowest BCUT2D eigenvalue weighted by molar-refractivity contribution is -0.494. The lowest BCUT2D eigenvalue weighted by atomic mass is 10.0. The van der Waals surface area contributed by atoms with Crippen LogP contribution in [0.25, 0.3) is 55.0 Å². The molecule has 0 atom stereocenters. The zero-order chi connectivity index (χ0) is 27.6. The van der Waals surface area contributed by atoms with Crippen molar-refractivity contribution in [3.63, 3.8) is 0 Å². The van der Waals surface area contributed by atoms with E-state index in [-0.39, 0.29) is 0 Å². The van der Waals surface area contributed by atoms with E-state index in [0.29, 0.717) is 0 Å². The van der Waals surface area contributed by atoms with Gasteiger partial charge in [-0.15, -0.1) is 4.68 Å². The summed E-state index contributed by atoms with van der Waals surface area (Å²) in [7, 11) is 0. The minimum atomic E-state index is 1.16. The third-order valence-corrected chi connectivity index (χ3v) is 8.53. The van der Waals surface area contributed by atoms with Crippen molar-refractivity contribution in [1.82, 2.24) is 9.24 Å². The van der Waals surface area contributed by atoms with Crippen molar-refractivity contribution in [2.45, 2.75) is 0 Å². The molecule has 2 aromatic heterocycles. The molecule has 3 nitrogen and oxygen atoms in total. The van der Waals surface area contributed by atoms with Crippen molar-refractivity contribution in [2.75, 3.05) is 0 Å². The molecule has 42 heavy (non-hydrogen) atoms. The van der Waals surface area contributed by atoms with Crippen LogP contribution < -0.4 is 0 Å². The van der Waals surface area contributed by atoms with Crippen LogP contribution in [0.5, 0.6) is 0 Å². The maximum atomic E-state index is 2.45. The highest BCUT2D eigenvalue weighted by Crippen LogP contribution is 2.42. The average Bonchev–Trinajstić information content (AvgIpc) is 3.55. The number of para-hydroxylation sites is 3. The van der Waals surface area contributed by atoms with Crippen LogP contribution in [0.15, 0.2) is 158 Å². The van der Waals surface area contributed by atoms with Crippen LogP contribution in [0.1, 0.15) is 11.1 Å². The third kappa shape index (κ3) is 3.19. The van der Waals surface area contributed by atoms with Gasteiger partial charge in [0.05, 0.1) is 17.1 Å². The van der Waals surface area contributed by atoms with Crippen molar-refractivity contribution in [3.05, 3.63) is 169 Å². The topological polar surface area (TPSA) is 12.9 Å². The molecule has 0 N–H and O–H groups in total. The van der Waals surface area contributed by atoms with Gasteiger partial charge in [0.1, 0.15) is 11.0 Å². The van der Waals surface area contributed by atoms with E-state index < -0.39 is 0 Å². The van der Waals surface area contributed by atoms with E-state index in [1.807, 2.05) is 0 Å². The second-order valence-corrected chi connectivity index (χ2v) is 10.8. The molecule has 1 aliphatic heterocycles. The van der Waals surface area contributed by atoms with E-state index in [0.717, 1.165) is 5.69 Å². The third-order valence-electron chi connectivity index (χ3n) is 8.53. The number of aromatic nitrogens is 2. The van der Waals surface area contributed by atoms with Crippen LogP contribution in [-0.4, -0.2) is 19.6 Å². The van der Waals surface area contributed by atoms with E-state index in [1.165, 1.54) is 66.1 Å². The summed E-state index contributed by atoms with van der Waals surface area (Å²) in [5.74, 6) is 0. The Balaban J connectivity index is 1.50. The average molecular weight is 537 g/mol. The fraction of sp³-hybridized carbons (Fsp3) is 0. The first-order valence-corrected chi connectivity index (χ1v) is 14.4. The molecule has 1 aliphatic rings. The normalized spacial score (nSPS) is 13.3. The summed E-state index contributed by atoms with van der Waals surface area (Å²) in [6.45, 7) is 0. The first kappa shape index (κ1) is 23.1. The number of allylic oxidation sites excluding steroid dienone is 1. The Bertz CT molecular complexity index is 2370. The SMILES string of the molecule is C1=C(c2ccccc2)[N+](n2c3ccccc3c3ccc4c5ccccc5n(-c5ccccc5)c4c32)=C1c1ccccc1. The van der Waals surface area contributed by atoms with Gasteiger partial charge < -0.3 is 4.57 Å². The highest BCUT2D eigenvalue weighted by Gasteiger charge is 2.37. The molecule has 0 bridgehead atoms. The van der Waals surface area contributed by atoms with E-state index in [2.05, 4.69) is 172 Å². The first-order valence-electron chi connectivity index (χ1n) is 14.4. The molecule has 6 aromatic carbocycles. The molecule has 0 fully saturated rings. The molecule has 0 saturated carbocycles. The Morgan fingerprint density at radius 1 is 0.405 bits per heavy atom. The molecule has 0 unspecified atom stereocenters. The van der Waals surface area contributed by atoms with E-state index in [9.17, 15) is 0 Å². The fourth-order valence-corrected chi connectivity index (χ4v) is 6.69. The van der Waals surface area contributed by atoms with Gasteiger partial charge in [-0.25, -0.2) is 0 Å². The monoisotopic (exact) mass is 536 g/mol. The van der Waals surface area contributed by atoms with Crippen LogP contribution in [-0.2, 0) is 0 Å². The van der Waals surface area contributed by atoms with Gasteiger partial charge in [-0.2, -0.15) is 0 Å². The molecular formula is C39H26N3+. The number of benzene rings is 6. The number of fused-ring (bicyclic) bond motifs is 7. The van der Waals surface area contributed by atoms with Crippen molar-refractivity contribution in [2.24, 2.45) is 0 Å². The molecule has 0 aliphatic carbocycles. The molecule has 0 radical (unpaired) electrons. The summed E-state index contributed by atoms with van der Waals surface area (Å²) in [5, 5.41) is 4.98. The summed E-state index contributed by atoms with van der Waals surface area (Å²) < 4.78 is 7.31. The summed E-state index contributed by atoms with van der Waals surface area (Å²) in [6.07, 6.45) is 2.32.